The van der Waals surface area contributed by atoms with E-state index in [2.05, 4.69) is 10.3 Å². The summed E-state index contributed by atoms with van der Waals surface area (Å²) < 4.78 is 43.0. The first-order chi connectivity index (χ1) is 9.38. The van der Waals surface area contributed by atoms with E-state index in [1.54, 1.807) is 7.11 Å². The molecule has 0 fully saturated rings. The standard InChI is InChI=1S/C13H21F3N2OS/c1-4-7-17-10(6-5-9(2)19-3)11-8-18-12(20-11)13(14,15)16/h8-10,17H,4-7H2,1-3H3. The van der Waals surface area contributed by atoms with Crippen LogP contribution in [0.15, 0.2) is 6.20 Å². The summed E-state index contributed by atoms with van der Waals surface area (Å²) in [7, 11) is 1.63. The average molecular weight is 310 g/mol. The lowest BCUT2D eigenvalue weighted by atomic mass is 10.1. The first-order valence-electron chi connectivity index (χ1n) is 6.67. The lowest BCUT2D eigenvalue weighted by molar-refractivity contribution is -0.137. The van der Waals surface area contributed by atoms with E-state index >= 15 is 0 Å². The zero-order chi connectivity index (χ0) is 15.2. The van der Waals surface area contributed by atoms with Gasteiger partial charge >= 0.3 is 6.18 Å². The van der Waals surface area contributed by atoms with Crippen molar-refractivity contribution >= 4 is 11.3 Å². The number of thiazole rings is 1. The van der Waals surface area contributed by atoms with Crippen LogP contribution >= 0.6 is 11.3 Å². The third-order valence-electron chi connectivity index (χ3n) is 3.01. The molecule has 0 aliphatic rings. The first kappa shape index (κ1) is 17.4. The molecule has 2 atom stereocenters. The summed E-state index contributed by atoms with van der Waals surface area (Å²) in [6.45, 7) is 4.74. The Morgan fingerprint density at radius 2 is 2.10 bits per heavy atom. The molecule has 0 bridgehead atoms. The maximum atomic E-state index is 12.6. The van der Waals surface area contributed by atoms with E-state index in [1.807, 2.05) is 13.8 Å². The largest absolute Gasteiger partial charge is 0.443 e. The second-order valence-electron chi connectivity index (χ2n) is 4.70. The van der Waals surface area contributed by atoms with Crippen molar-refractivity contribution in [1.29, 1.82) is 0 Å². The molecule has 116 valence electrons. The SMILES string of the molecule is CCCNC(CCC(C)OC)c1cnc(C(F)(F)F)s1. The third-order valence-corrected chi connectivity index (χ3v) is 4.17. The predicted molar refractivity (Wildman–Crippen MR) is 73.9 cm³/mol. The number of ether oxygens (including phenoxy) is 1. The highest BCUT2D eigenvalue weighted by molar-refractivity contribution is 7.11. The van der Waals surface area contributed by atoms with Crippen LogP contribution in [-0.4, -0.2) is 24.7 Å². The zero-order valence-corrected chi connectivity index (χ0v) is 12.8. The molecule has 0 aliphatic heterocycles. The number of rotatable bonds is 8. The van der Waals surface area contributed by atoms with E-state index in [4.69, 9.17) is 4.74 Å². The number of hydrogen-bond donors (Lipinski definition) is 1. The molecule has 1 aromatic rings. The van der Waals surface area contributed by atoms with Crippen molar-refractivity contribution in [3.8, 4) is 0 Å². The Morgan fingerprint density at radius 1 is 1.40 bits per heavy atom. The van der Waals surface area contributed by atoms with E-state index in [1.165, 1.54) is 6.20 Å². The molecule has 0 amide bonds. The van der Waals surface area contributed by atoms with Gasteiger partial charge < -0.3 is 10.1 Å². The van der Waals surface area contributed by atoms with Crippen molar-refractivity contribution in [2.45, 2.75) is 51.4 Å². The third kappa shape index (κ3) is 5.38. The number of methoxy groups -OCH3 is 1. The topological polar surface area (TPSA) is 34.1 Å². The minimum absolute atomic E-state index is 0.0935. The van der Waals surface area contributed by atoms with E-state index in [-0.39, 0.29) is 12.1 Å². The molecule has 20 heavy (non-hydrogen) atoms. The van der Waals surface area contributed by atoms with Gasteiger partial charge in [-0.25, -0.2) is 4.98 Å². The van der Waals surface area contributed by atoms with Crippen LogP contribution in [0.25, 0.3) is 0 Å². The Labute approximate surface area is 121 Å². The van der Waals surface area contributed by atoms with Crippen molar-refractivity contribution in [1.82, 2.24) is 10.3 Å². The van der Waals surface area contributed by atoms with Crippen LogP contribution in [0.2, 0.25) is 0 Å². The fraction of sp³-hybridized carbons (Fsp3) is 0.769. The molecule has 0 radical (unpaired) electrons. The van der Waals surface area contributed by atoms with E-state index in [0.717, 1.165) is 37.1 Å². The Hall–Kier alpha value is -0.660. The highest BCUT2D eigenvalue weighted by Gasteiger charge is 2.35. The van der Waals surface area contributed by atoms with E-state index < -0.39 is 11.2 Å². The summed E-state index contributed by atoms with van der Waals surface area (Å²) in [5.74, 6) is 0. The monoisotopic (exact) mass is 310 g/mol. The van der Waals surface area contributed by atoms with Gasteiger partial charge in [-0.2, -0.15) is 13.2 Å². The number of nitrogens with one attached hydrogen (secondary N) is 1. The molecule has 0 spiro atoms. The van der Waals surface area contributed by atoms with Crippen LogP contribution in [0.4, 0.5) is 13.2 Å². The molecule has 1 N–H and O–H groups in total. The fourth-order valence-corrected chi connectivity index (χ4v) is 2.65. The van der Waals surface area contributed by atoms with Gasteiger partial charge in [0.15, 0.2) is 5.01 Å². The fourth-order valence-electron chi connectivity index (χ4n) is 1.76. The molecule has 0 aromatic carbocycles. The highest BCUT2D eigenvalue weighted by atomic mass is 32.1. The number of aromatic nitrogens is 1. The number of alkyl halides is 3. The number of halogens is 3. The van der Waals surface area contributed by atoms with Crippen LogP contribution in [0.5, 0.6) is 0 Å². The van der Waals surface area contributed by atoms with Gasteiger partial charge in [0.05, 0.1) is 6.10 Å². The minimum Gasteiger partial charge on any atom is -0.382 e. The molecular formula is C13H21F3N2OS. The maximum absolute atomic E-state index is 12.6. The molecular weight excluding hydrogens is 289 g/mol. The Morgan fingerprint density at radius 3 is 2.60 bits per heavy atom. The second kappa shape index (κ2) is 7.95. The molecule has 7 heteroatoms. The molecule has 1 rings (SSSR count). The van der Waals surface area contributed by atoms with Gasteiger partial charge in [0, 0.05) is 24.2 Å². The van der Waals surface area contributed by atoms with Gasteiger partial charge in [-0.1, -0.05) is 6.92 Å². The molecule has 2 unspecified atom stereocenters. The predicted octanol–water partition coefficient (Wildman–Crippen LogP) is 4.02. The highest BCUT2D eigenvalue weighted by Crippen LogP contribution is 2.35. The van der Waals surface area contributed by atoms with Crippen molar-refractivity contribution in [2.75, 3.05) is 13.7 Å². The molecule has 1 heterocycles. The van der Waals surface area contributed by atoms with Gasteiger partial charge in [0.2, 0.25) is 0 Å². The van der Waals surface area contributed by atoms with Crippen LogP contribution in [-0.2, 0) is 10.9 Å². The Kier molecular flexibility index (Phi) is 6.91. The summed E-state index contributed by atoms with van der Waals surface area (Å²) in [6.07, 6.45) is -0.487. The lowest BCUT2D eigenvalue weighted by Gasteiger charge is -2.18. The Balaban J connectivity index is 2.73. The van der Waals surface area contributed by atoms with Gasteiger partial charge in [0.25, 0.3) is 0 Å². The second-order valence-corrected chi connectivity index (χ2v) is 5.76. The summed E-state index contributed by atoms with van der Waals surface area (Å²) in [5.41, 5.74) is 0. The van der Waals surface area contributed by atoms with Gasteiger partial charge in [-0.05, 0) is 32.7 Å². The molecule has 0 saturated heterocycles. The van der Waals surface area contributed by atoms with Crippen LogP contribution in [0, 0.1) is 0 Å². The van der Waals surface area contributed by atoms with Gasteiger partial charge in [-0.15, -0.1) is 11.3 Å². The molecule has 1 aromatic heterocycles. The first-order valence-corrected chi connectivity index (χ1v) is 7.49. The van der Waals surface area contributed by atoms with Crippen molar-refractivity contribution in [3.05, 3.63) is 16.1 Å². The van der Waals surface area contributed by atoms with Crippen molar-refractivity contribution in [2.24, 2.45) is 0 Å². The van der Waals surface area contributed by atoms with Crippen LogP contribution in [0.1, 0.15) is 49.0 Å². The number of hydrogen-bond acceptors (Lipinski definition) is 4. The van der Waals surface area contributed by atoms with Crippen LogP contribution in [0.3, 0.4) is 0 Å². The average Bonchev–Trinajstić information content (AvgIpc) is 2.88. The molecule has 3 nitrogen and oxygen atoms in total. The van der Waals surface area contributed by atoms with Crippen molar-refractivity contribution < 1.29 is 17.9 Å². The minimum atomic E-state index is -4.36. The normalized spacial score (nSPS) is 15.3. The summed E-state index contributed by atoms with van der Waals surface area (Å²) in [5, 5.41) is 2.50. The summed E-state index contributed by atoms with van der Waals surface area (Å²) in [6, 6.07) is -0.0962. The van der Waals surface area contributed by atoms with E-state index in [9.17, 15) is 13.2 Å². The van der Waals surface area contributed by atoms with E-state index in [0.29, 0.717) is 4.88 Å². The smallest absolute Gasteiger partial charge is 0.382 e. The van der Waals surface area contributed by atoms with Gasteiger partial charge in [-0.3, -0.25) is 0 Å². The zero-order valence-electron chi connectivity index (χ0n) is 12.0. The quantitative estimate of drug-likeness (QED) is 0.787. The van der Waals surface area contributed by atoms with Crippen molar-refractivity contribution in [3.63, 3.8) is 0 Å². The molecule has 0 aliphatic carbocycles. The Bertz CT molecular complexity index is 395. The summed E-state index contributed by atoms with van der Waals surface area (Å²) in [4.78, 5) is 4.12. The van der Waals surface area contributed by atoms with Crippen LogP contribution < -0.4 is 5.32 Å². The molecule has 0 saturated carbocycles. The summed E-state index contributed by atoms with van der Waals surface area (Å²) >= 11 is 0.718. The number of nitrogens with zero attached hydrogens (tertiary/aromatic N) is 1. The van der Waals surface area contributed by atoms with Gasteiger partial charge in [0.1, 0.15) is 0 Å². The maximum Gasteiger partial charge on any atom is 0.443 e. The lowest BCUT2D eigenvalue weighted by Crippen LogP contribution is -2.22.